The number of hydrogen-bond acceptors (Lipinski definition) is 5. The first-order valence-corrected chi connectivity index (χ1v) is 7.82. The number of thioether (sulfide) groups is 1. The van der Waals surface area contributed by atoms with E-state index >= 15 is 0 Å². The molecule has 0 aliphatic heterocycles. The Bertz CT molecular complexity index is 304. The molecule has 0 saturated carbocycles. The zero-order chi connectivity index (χ0) is 15.6. The number of nitrogens with zero attached hydrogens (tertiary/aromatic N) is 1. The van der Waals surface area contributed by atoms with Crippen molar-refractivity contribution < 1.29 is 14.3 Å². The molecule has 0 rings (SSSR count). The van der Waals surface area contributed by atoms with Crippen LogP contribution < -0.4 is 10.6 Å². The minimum atomic E-state index is -0.483. The van der Waals surface area contributed by atoms with Crippen LogP contribution in [0.2, 0.25) is 0 Å². The molecule has 0 bridgehead atoms. The number of alkyl carbamates (subject to hydrolysis) is 1. The maximum absolute atomic E-state index is 11.4. The SMILES string of the molecule is CN(C)CCNC(=O)CSCCNC(=O)OC(C)(C)C. The molecule has 0 atom stereocenters. The number of nitrogens with one attached hydrogen (secondary N) is 2. The maximum atomic E-state index is 11.4. The van der Waals surface area contributed by atoms with Crippen LogP contribution in [-0.4, -0.2) is 67.7 Å². The van der Waals surface area contributed by atoms with Crippen molar-refractivity contribution in [2.75, 3.05) is 45.2 Å². The Morgan fingerprint density at radius 3 is 2.35 bits per heavy atom. The van der Waals surface area contributed by atoms with E-state index in [0.717, 1.165) is 6.54 Å². The van der Waals surface area contributed by atoms with Crippen molar-refractivity contribution in [3.63, 3.8) is 0 Å². The Morgan fingerprint density at radius 1 is 1.15 bits per heavy atom. The van der Waals surface area contributed by atoms with Gasteiger partial charge in [0, 0.05) is 25.4 Å². The Balaban J connectivity index is 3.48. The van der Waals surface area contributed by atoms with Crippen LogP contribution in [0.5, 0.6) is 0 Å². The summed E-state index contributed by atoms with van der Waals surface area (Å²) in [4.78, 5) is 24.8. The van der Waals surface area contributed by atoms with E-state index in [1.807, 2.05) is 39.8 Å². The molecular weight excluding hydrogens is 278 g/mol. The minimum Gasteiger partial charge on any atom is -0.444 e. The lowest BCUT2D eigenvalue weighted by Crippen LogP contribution is -2.34. The molecule has 7 heteroatoms. The maximum Gasteiger partial charge on any atom is 0.407 e. The van der Waals surface area contributed by atoms with Gasteiger partial charge in [-0.05, 0) is 34.9 Å². The smallest absolute Gasteiger partial charge is 0.407 e. The summed E-state index contributed by atoms with van der Waals surface area (Å²) >= 11 is 1.48. The van der Waals surface area contributed by atoms with Gasteiger partial charge in [0.2, 0.25) is 5.91 Å². The average molecular weight is 305 g/mol. The molecule has 0 heterocycles. The summed E-state index contributed by atoms with van der Waals surface area (Å²) in [5, 5.41) is 5.48. The molecule has 6 nitrogen and oxygen atoms in total. The molecule has 0 radical (unpaired) electrons. The normalized spacial score (nSPS) is 11.3. The molecule has 0 aromatic carbocycles. The molecular formula is C13H27N3O3S. The number of carbonyl (C=O) groups is 2. The van der Waals surface area contributed by atoms with Gasteiger partial charge in [0.05, 0.1) is 5.75 Å². The number of rotatable bonds is 8. The number of likely N-dealkylation sites (N-methyl/N-ethyl adjacent to an activating group) is 1. The van der Waals surface area contributed by atoms with Crippen LogP contribution in [0.4, 0.5) is 4.79 Å². The van der Waals surface area contributed by atoms with Gasteiger partial charge < -0.3 is 20.3 Å². The number of carbonyl (C=O) groups excluding carboxylic acids is 2. The first-order valence-electron chi connectivity index (χ1n) is 6.67. The Hall–Kier alpha value is -0.950. The fourth-order valence-corrected chi connectivity index (χ4v) is 1.85. The fourth-order valence-electron chi connectivity index (χ4n) is 1.17. The molecule has 118 valence electrons. The van der Waals surface area contributed by atoms with Crippen LogP contribution >= 0.6 is 11.8 Å². The average Bonchev–Trinajstić information content (AvgIpc) is 2.25. The van der Waals surface area contributed by atoms with Gasteiger partial charge in [-0.25, -0.2) is 4.79 Å². The highest BCUT2D eigenvalue weighted by Gasteiger charge is 2.15. The second-order valence-corrected chi connectivity index (χ2v) is 6.74. The van der Waals surface area contributed by atoms with Gasteiger partial charge in [-0.2, -0.15) is 11.8 Å². The first-order chi connectivity index (χ1) is 9.20. The topological polar surface area (TPSA) is 70.7 Å². The van der Waals surface area contributed by atoms with E-state index in [0.29, 0.717) is 24.6 Å². The summed E-state index contributed by atoms with van der Waals surface area (Å²) in [5.41, 5.74) is -0.483. The molecule has 0 aromatic rings. The highest BCUT2D eigenvalue weighted by Crippen LogP contribution is 2.06. The molecule has 2 amide bonds. The van der Waals surface area contributed by atoms with Crippen LogP contribution in [0.1, 0.15) is 20.8 Å². The van der Waals surface area contributed by atoms with Crippen molar-refractivity contribution in [3.8, 4) is 0 Å². The first kappa shape index (κ1) is 19.1. The summed E-state index contributed by atoms with van der Waals surface area (Å²) in [6, 6.07) is 0. The van der Waals surface area contributed by atoms with E-state index in [2.05, 4.69) is 10.6 Å². The van der Waals surface area contributed by atoms with Gasteiger partial charge in [-0.15, -0.1) is 0 Å². The minimum absolute atomic E-state index is 0.0223. The second-order valence-electron chi connectivity index (χ2n) is 5.63. The zero-order valence-electron chi connectivity index (χ0n) is 13.1. The van der Waals surface area contributed by atoms with Crippen molar-refractivity contribution in [3.05, 3.63) is 0 Å². The van der Waals surface area contributed by atoms with E-state index in [1.165, 1.54) is 11.8 Å². The van der Waals surface area contributed by atoms with Crippen LogP contribution in [0.3, 0.4) is 0 Å². The largest absolute Gasteiger partial charge is 0.444 e. The molecule has 0 fully saturated rings. The third-order valence-corrected chi connectivity index (χ3v) is 2.99. The number of ether oxygens (including phenoxy) is 1. The van der Waals surface area contributed by atoms with Crippen molar-refractivity contribution in [2.45, 2.75) is 26.4 Å². The monoisotopic (exact) mass is 305 g/mol. The summed E-state index contributed by atoms with van der Waals surface area (Å²) in [6.45, 7) is 7.43. The predicted molar refractivity (Wildman–Crippen MR) is 83.1 cm³/mol. The van der Waals surface area contributed by atoms with Crippen molar-refractivity contribution in [1.29, 1.82) is 0 Å². The third kappa shape index (κ3) is 13.5. The summed E-state index contributed by atoms with van der Waals surface area (Å²) in [5.74, 6) is 1.11. The van der Waals surface area contributed by atoms with Gasteiger partial charge in [0.15, 0.2) is 0 Å². The Kier molecular flexibility index (Phi) is 9.41. The molecule has 0 saturated heterocycles. The lowest BCUT2D eigenvalue weighted by atomic mass is 10.2. The van der Waals surface area contributed by atoms with Gasteiger partial charge in [0.25, 0.3) is 0 Å². The van der Waals surface area contributed by atoms with Gasteiger partial charge in [-0.3, -0.25) is 4.79 Å². The molecule has 20 heavy (non-hydrogen) atoms. The third-order valence-electron chi connectivity index (χ3n) is 2.03. The van der Waals surface area contributed by atoms with Gasteiger partial charge >= 0.3 is 6.09 Å². The quantitative estimate of drug-likeness (QED) is 0.653. The predicted octanol–water partition coefficient (Wildman–Crippen LogP) is 0.922. The number of amides is 2. The molecule has 0 aliphatic rings. The molecule has 2 N–H and O–H groups in total. The van der Waals surface area contributed by atoms with Crippen LogP contribution in [0.15, 0.2) is 0 Å². The fraction of sp³-hybridized carbons (Fsp3) is 0.846. The highest BCUT2D eigenvalue weighted by atomic mass is 32.2. The van der Waals surface area contributed by atoms with Crippen molar-refractivity contribution in [2.24, 2.45) is 0 Å². The van der Waals surface area contributed by atoms with E-state index in [9.17, 15) is 9.59 Å². The second kappa shape index (κ2) is 9.88. The van der Waals surface area contributed by atoms with E-state index in [-0.39, 0.29) is 5.91 Å². The highest BCUT2D eigenvalue weighted by molar-refractivity contribution is 7.99. The zero-order valence-corrected chi connectivity index (χ0v) is 13.9. The van der Waals surface area contributed by atoms with E-state index in [4.69, 9.17) is 4.74 Å². The Morgan fingerprint density at radius 2 is 1.80 bits per heavy atom. The molecule has 0 aliphatic carbocycles. The lowest BCUT2D eigenvalue weighted by molar-refractivity contribution is -0.118. The van der Waals surface area contributed by atoms with Crippen LogP contribution in [0.25, 0.3) is 0 Å². The number of hydrogen-bond donors (Lipinski definition) is 2. The summed E-state index contributed by atoms with van der Waals surface area (Å²) in [6.07, 6.45) is -0.423. The van der Waals surface area contributed by atoms with E-state index < -0.39 is 11.7 Å². The van der Waals surface area contributed by atoms with E-state index in [1.54, 1.807) is 0 Å². The van der Waals surface area contributed by atoms with Gasteiger partial charge in [-0.1, -0.05) is 0 Å². The van der Waals surface area contributed by atoms with Crippen LogP contribution in [-0.2, 0) is 9.53 Å². The van der Waals surface area contributed by atoms with Crippen molar-refractivity contribution in [1.82, 2.24) is 15.5 Å². The standard InChI is InChI=1S/C13H27N3O3S/c1-13(2,3)19-12(18)15-7-9-20-10-11(17)14-6-8-16(4)5/h6-10H2,1-5H3,(H,14,17)(H,15,18). The molecule has 0 aromatic heterocycles. The van der Waals surface area contributed by atoms with Crippen LogP contribution in [0, 0.1) is 0 Å². The Labute approximate surface area is 126 Å². The van der Waals surface area contributed by atoms with Crippen molar-refractivity contribution >= 4 is 23.8 Å². The van der Waals surface area contributed by atoms with Gasteiger partial charge in [0.1, 0.15) is 5.60 Å². The summed E-state index contributed by atoms with van der Waals surface area (Å²) < 4.78 is 5.10. The molecule has 0 spiro atoms. The summed E-state index contributed by atoms with van der Waals surface area (Å²) in [7, 11) is 3.92. The lowest BCUT2D eigenvalue weighted by Gasteiger charge is -2.19. The molecule has 0 unspecified atom stereocenters.